The number of hydrogen-bond donors (Lipinski definition) is 4. The van der Waals surface area contributed by atoms with Crippen LogP contribution in [0.25, 0.3) is 0 Å². The van der Waals surface area contributed by atoms with Gasteiger partial charge in [-0.3, -0.25) is 0 Å². The van der Waals surface area contributed by atoms with Gasteiger partial charge < -0.3 is 44.1 Å². The summed E-state index contributed by atoms with van der Waals surface area (Å²) in [5.41, 5.74) is 0.288. The summed E-state index contributed by atoms with van der Waals surface area (Å²) < 4.78 is 29.8. The van der Waals surface area contributed by atoms with Crippen LogP contribution in [0.3, 0.4) is 0 Å². The molecular weight excluding hydrogens is 580 g/mol. The molecule has 0 radical (unpaired) electrons. The topological polar surface area (TPSA) is 144 Å². The molecule has 7 rings (SSSR count). The molecule has 4 saturated carbocycles. The first kappa shape index (κ1) is 32.4. The van der Waals surface area contributed by atoms with Crippen molar-refractivity contribution in [3.8, 4) is 0 Å². The van der Waals surface area contributed by atoms with E-state index in [1.54, 1.807) is 13.0 Å². The molecule has 254 valence electrons. The summed E-state index contributed by atoms with van der Waals surface area (Å²) in [5, 5.41) is 43.6. The number of aliphatic hydroxyl groups is 4. The first-order valence-electron chi connectivity index (χ1n) is 17.6. The Bertz CT molecular complexity index is 1140. The van der Waals surface area contributed by atoms with E-state index in [0.717, 1.165) is 63.4 Å². The predicted octanol–water partition coefficient (Wildman–Crippen LogP) is 3.37. The van der Waals surface area contributed by atoms with Crippen LogP contribution in [0, 0.1) is 34.5 Å². The van der Waals surface area contributed by atoms with E-state index in [2.05, 4.69) is 13.8 Å². The summed E-state index contributed by atoms with van der Waals surface area (Å²) in [6.07, 6.45) is 5.45. The molecule has 6 fully saturated rings. The molecule has 0 amide bonds. The average molecular weight is 635 g/mol. The van der Waals surface area contributed by atoms with Crippen LogP contribution in [0.15, 0.2) is 11.6 Å². The van der Waals surface area contributed by atoms with Crippen LogP contribution in [0.2, 0.25) is 0 Å². The number of fused-ring (bicyclic) bond motifs is 5. The summed E-state index contributed by atoms with van der Waals surface area (Å²) in [6.45, 7) is 8.67. The van der Waals surface area contributed by atoms with Gasteiger partial charge >= 0.3 is 5.97 Å². The second-order valence-electron chi connectivity index (χ2n) is 16.1. The molecule has 4 aliphatic carbocycles. The Kier molecular flexibility index (Phi) is 8.50. The van der Waals surface area contributed by atoms with Gasteiger partial charge in [0.15, 0.2) is 12.6 Å². The van der Waals surface area contributed by atoms with E-state index >= 15 is 0 Å². The van der Waals surface area contributed by atoms with Crippen LogP contribution in [-0.2, 0) is 28.5 Å². The Morgan fingerprint density at radius 3 is 2.27 bits per heavy atom. The smallest absolute Gasteiger partial charge is 0.331 e. The number of aliphatic hydroxyl groups excluding tert-OH is 3. The van der Waals surface area contributed by atoms with Crippen molar-refractivity contribution in [2.45, 2.75) is 159 Å². The highest BCUT2D eigenvalue weighted by molar-refractivity contribution is 5.85. The van der Waals surface area contributed by atoms with Crippen molar-refractivity contribution in [1.82, 2.24) is 0 Å². The molecule has 0 spiro atoms. The van der Waals surface area contributed by atoms with Gasteiger partial charge in [-0.15, -0.1) is 0 Å². The lowest BCUT2D eigenvalue weighted by Gasteiger charge is -2.64. The number of ether oxygens (including phenoxy) is 5. The molecule has 4 N–H and O–H groups in total. The van der Waals surface area contributed by atoms with Crippen molar-refractivity contribution in [2.24, 2.45) is 34.5 Å². The Labute approximate surface area is 266 Å². The minimum Gasteiger partial charge on any atom is -0.458 e. The van der Waals surface area contributed by atoms with Crippen molar-refractivity contribution in [3.63, 3.8) is 0 Å². The molecule has 3 heterocycles. The highest BCUT2D eigenvalue weighted by Crippen LogP contribution is 2.70. The number of carbonyl (C=O) groups excluding carboxylic acids is 1. The Morgan fingerprint density at radius 1 is 0.822 bits per heavy atom. The van der Waals surface area contributed by atoms with Gasteiger partial charge in [0.2, 0.25) is 0 Å². The van der Waals surface area contributed by atoms with Crippen LogP contribution in [0.1, 0.15) is 98.3 Å². The Balaban J connectivity index is 0.958. The zero-order chi connectivity index (χ0) is 31.9. The molecular formula is C35H54O10. The molecule has 10 heteroatoms. The predicted molar refractivity (Wildman–Crippen MR) is 161 cm³/mol. The second-order valence-corrected chi connectivity index (χ2v) is 16.1. The van der Waals surface area contributed by atoms with Crippen molar-refractivity contribution in [3.05, 3.63) is 11.6 Å². The van der Waals surface area contributed by atoms with Crippen molar-refractivity contribution in [2.75, 3.05) is 6.61 Å². The molecule has 0 bridgehead atoms. The lowest BCUT2D eigenvalue weighted by Crippen LogP contribution is -2.62. The van der Waals surface area contributed by atoms with Crippen LogP contribution < -0.4 is 0 Å². The van der Waals surface area contributed by atoms with Gasteiger partial charge in [0.1, 0.15) is 18.8 Å². The van der Waals surface area contributed by atoms with Crippen LogP contribution in [0.4, 0.5) is 0 Å². The molecule has 0 aromatic carbocycles. The van der Waals surface area contributed by atoms with E-state index in [9.17, 15) is 25.2 Å². The average Bonchev–Trinajstić information content (AvgIpc) is 3.53. The first-order chi connectivity index (χ1) is 21.3. The van der Waals surface area contributed by atoms with Crippen LogP contribution in [-0.4, -0.2) is 93.9 Å². The zero-order valence-electron chi connectivity index (χ0n) is 27.3. The quantitative estimate of drug-likeness (QED) is 0.263. The summed E-state index contributed by atoms with van der Waals surface area (Å²) in [6, 6.07) is 0. The number of carbonyl (C=O) groups is 1. The monoisotopic (exact) mass is 634 g/mol. The minimum atomic E-state index is -0.957. The summed E-state index contributed by atoms with van der Waals surface area (Å²) >= 11 is 0. The Morgan fingerprint density at radius 2 is 1.56 bits per heavy atom. The number of hydrogen-bond acceptors (Lipinski definition) is 10. The highest BCUT2D eigenvalue weighted by atomic mass is 16.7. The van der Waals surface area contributed by atoms with Gasteiger partial charge in [0.05, 0.1) is 36.1 Å². The minimum absolute atomic E-state index is 0.0558. The zero-order valence-corrected chi connectivity index (χ0v) is 27.3. The molecule has 0 aromatic heterocycles. The molecule has 7 aliphatic rings. The molecule has 16 atom stereocenters. The van der Waals surface area contributed by atoms with E-state index in [4.69, 9.17) is 23.7 Å². The van der Waals surface area contributed by atoms with Gasteiger partial charge in [-0.25, -0.2) is 4.79 Å². The fraction of sp³-hybridized carbons (Fsp3) is 0.914. The lowest BCUT2D eigenvalue weighted by atomic mass is 9.43. The number of esters is 1. The van der Waals surface area contributed by atoms with Gasteiger partial charge in [0.25, 0.3) is 0 Å². The van der Waals surface area contributed by atoms with Crippen molar-refractivity contribution < 1.29 is 48.9 Å². The molecule has 1 unspecified atom stereocenters. The van der Waals surface area contributed by atoms with Crippen LogP contribution >= 0.6 is 0 Å². The normalized spacial score (nSPS) is 54.9. The van der Waals surface area contributed by atoms with Crippen molar-refractivity contribution in [1.29, 1.82) is 0 Å². The maximum atomic E-state index is 12.5. The molecule has 0 aromatic rings. The van der Waals surface area contributed by atoms with Crippen LogP contribution in [0.5, 0.6) is 0 Å². The molecule has 2 saturated heterocycles. The second kappa shape index (κ2) is 11.8. The van der Waals surface area contributed by atoms with E-state index in [-0.39, 0.29) is 41.2 Å². The maximum absolute atomic E-state index is 12.5. The third-order valence-electron chi connectivity index (χ3n) is 13.9. The van der Waals surface area contributed by atoms with Gasteiger partial charge in [-0.1, -0.05) is 13.8 Å². The highest BCUT2D eigenvalue weighted by Gasteiger charge is 2.67. The molecule has 45 heavy (non-hydrogen) atoms. The fourth-order valence-electron chi connectivity index (χ4n) is 11.3. The third kappa shape index (κ3) is 5.34. The third-order valence-corrected chi connectivity index (χ3v) is 13.9. The molecule has 10 nitrogen and oxygen atoms in total. The van der Waals surface area contributed by atoms with Gasteiger partial charge in [0, 0.05) is 24.3 Å². The Hall–Kier alpha value is -1.11. The van der Waals surface area contributed by atoms with Crippen molar-refractivity contribution >= 4 is 5.97 Å². The summed E-state index contributed by atoms with van der Waals surface area (Å²) in [7, 11) is 0. The lowest BCUT2D eigenvalue weighted by molar-refractivity contribution is -0.318. The standard InChI is InChI=1S/C35H54O10/c1-18-31(39)26(36)15-30(42-18)45-32-19(2)43-29(16-27(32)37)44-22-7-10-33(3)21(14-22)5-6-25-24(33)8-11-34(4)23(9-12-35(25,34)40)20-13-28(38)41-17-20/h13,18-19,21-27,29-32,36-37,39-40H,5-12,14-17H2,1-4H3/t18-,19-,21-,22+,23-,24+,25-,26+,27+,29-,30-,31-,32-,33+,34-,35?/m1/s1. The number of cyclic esters (lactones) is 1. The summed E-state index contributed by atoms with van der Waals surface area (Å²) in [5.74, 6) is 1.22. The fourth-order valence-corrected chi connectivity index (χ4v) is 11.3. The van der Waals surface area contributed by atoms with E-state index < -0.39 is 54.8 Å². The number of rotatable bonds is 5. The van der Waals surface area contributed by atoms with E-state index in [1.807, 2.05) is 6.92 Å². The first-order valence-corrected chi connectivity index (χ1v) is 17.6. The van der Waals surface area contributed by atoms with Gasteiger partial charge in [-0.05, 0) is 106 Å². The van der Waals surface area contributed by atoms with E-state index in [0.29, 0.717) is 24.9 Å². The largest absolute Gasteiger partial charge is 0.458 e. The van der Waals surface area contributed by atoms with E-state index in [1.165, 1.54) is 0 Å². The summed E-state index contributed by atoms with van der Waals surface area (Å²) in [4.78, 5) is 11.9. The van der Waals surface area contributed by atoms with Gasteiger partial charge in [-0.2, -0.15) is 0 Å². The SMILES string of the molecule is C[C@H]1O[C@H](O[C@H]2[C@@H](O)C[C@@H](O[C@H]3CC[C@@]4(C)[C@H](CC[C@@H]5[C@@H]4CC[C@]4(C)[C@@H](C6=CC(=O)OC6)CCC54O)C3)O[C@@H]2C)C[C@H](O)[C@@H]1O. The molecule has 3 aliphatic heterocycles. The maximum Gasteiger partial charge on any atom is 0.331 e.